The molecule has 1 aromatic carbocycles. The lowest BCUT2D eigenvalue weighted by Gasteiger charge is -2.04. The van der Waals surface area contributed by atoms with Gasteiger partial charge in [0.05, 0.1) is 10.6 Å². The van der Waals surface area contributed by atoms with Crippen LogP contribution in [-0.2, 0) is 9.84 Å². The second-order valence-corrected chi connectivity index (χ2v) is 6.30. The summed E-state index contributed by atoms with van der Waals surface area (Å²) >= 11 is 6.34. The summed E-state index contributed by atoms with van der Waals surface area (Å²) in [6, 6.07) is 2.96. The zero-order chi connectivity index (χ0) is 10.2. The zero-order valence-corrected chi connectivity index (χ0v) is 10.7. The van der Waals surface area contributed by atoms with Gasteiger partial charge in [-0.15, -0.1) is 0 Å². The Morgan fingerprint density at radius 3 is 1.92 bits per heavy atom. The number of benzene rings is 1. The number of hydrogen-bond donors (Lipinski definition) is 1. The van der Waals surface area contributed by atoms with Crippen molar-refractivity contribution in [3.05, 3.63) is 21.1 Å². The van der Waals surface area contributed by atoms with Crippen LogP contribution >= 0.6 is 31.9 Å². The molecular formula is C7H7Br2NO2S. The molecule has 0 fully saturated rings. The molecule has 0 aliphatic heterocycles. The highest BCUT2D eigenvalue weighted by molar-refractivity contribution is 9.11. The quantitative estimate of drug-likeness (QED) is 0.804. The molecule has 1 rings (SSSR count). The highest BCUT2D eigenvalue weighted by Crippen LogP contribution is 2.31. The van der Waals surface area contributed by atoms with E-state index in [-0.39, 0.29) is 4.90 Å². The molecule has 0 radical (unpaired) electrons. The van der Waals surface area contributed by atoms with E-state index in [4.69, 9.17) is 5.73 Å². The molecule has 0 bridgehead atoms. The Morgan fingerprint density at radius 2 is 1.62 bits per heavy atom. The van der Waals surface area contributed by atoms with Gasteiger partial charge in [0, 0.05) is 15.2 Å². The number of nitrogen functional groups attached to an aromatic ring is 1. The second-order valence-electron chi connectivity index (χ2n) is 2.57. The minimum atomic E-state index is -3.18. The maximum Gasteiger partial charge on any atom is 0.175 e. The van der Waals surface area contributed by atoms with E-state index in [1.165, 1.54) is 12.1 Å². The molecule has 72 valence electrons. The van der Waals surface area contributed by atoms with Crippen molar-refractivity contribution < 1.29 is 8.42 Å². The summed E-state index contributed by atoms with van der Waals surface area (Å²) in [4.78, 5) is 0.237. The van der Waals surface area contributed by atoms with Crippen LogP contribution < -0.4 is 5.73 Å². The SMILES string of the molecule is CS(=O)(=O)c1cc(Br)c(N)c(Br)c1. The molecule has 2 N–H and O–H groups in total. The predicted octanol–water partition coefficient (Wildman–Crippen LogP) is 2.20. The molecule has 0 aliphatic carbocycles. The minimum absolute atomic E-state index is 0.237. The van der Waals surface area contributed by atoms with E-state index in [1.54, 1.807) is 0 Å². The standard InChI is InChI=1S/C7H7Br2NO2S/c1-13(11,12)4-2-5(8)7(10)6(9)3-4/h2-3H,10H2,1H3. The zero-order valence-electron chi connectivity index (χ0n) is 6.71. The van der Waals surface area contributed by atoms with E-state index in [1.807, 2.05) is 0 Å². The van der Waals surface area contributed by atoms with Crippen LogP contribution in [0.4, 0.5) is 5.69 Å². The van der Waals surface area contributed by atoms with Crippen molar-refractivity contribution >= 4 is 47.4 Å². The van der Waals surface area contributed by atoms with Crippen LogP contribution in [-0.4, -0.2) is 14.7 Å². The molecule has 6 heteroatoms. The smallest absolute Gasteiger partial charge is 0.175 e. The Bertz CT molecular complexity index is 419. The first kappa shape index (κ1) is 11.0. The summed E-state index contributed by atoms with van der Waals surface area (Å²) in [6.45, 7) is 0. The van der Waals surface area contributed by atoms with Gasteiger partial charge in [-0.1, -0.05) is 0 Å². The molecular weight excluding hydrogens is 322 g/mol. The molecule has 0 spiro atoms. The van der Waals surface area contributed by atoms with Gasteiger partial charge in [0.2, 0.25) is 0 Å². The molecule has 0 aliphatic rings. The lowest BCUT2D eigenvalue weighted by atomic mass is 10.3. The van der Waals surface area contributed by atoms with Gasteiger partial charge in [-0.2, -0.15) is 0 Å². The van der Waals surface area contributed by atoms with Gasteiger partial charge in [-0.05, 0) is 44.0 Å². The summed E-state index contributed by atoms with van der Waals surface area (Å²) in [5, 5.41) is 0. The van der Waals surface area contributed by atoms with Crippen LogP contribution in [0.3, 0.4) is 0 Å². The first-order chi connectivity index (χ1) is 5.82. The van der Waals surface area contributed by atoms with E-state index >= 15 is 0 Å². The molecule has 0 saturated heterocycles. The van der Waals surface area contributed by atoms with Crippen molar-refractivity contribution in [2.45, 2.75) is 4.90 Å². The van der Waals surface area contributed by atoms with E-state index in [0.29, 0.717) is 14.6 Å². The number of sulfone groups is 1. The normalized spacial score (nSPS) is 11.6. The van der Waals surface area contributed by atoms with Crippen molar-refractivity contribution in [3.63, 3.8) is 0 Å². The fourth-order valence-corrected chi connectivity index (χ4v) is 2.93. The number of anilines is 1. The minimum Gasteiger partial charge on any atom is -0.397 e. The average Bonchev–Trinajstić information content (AvgIpc) is 1.97. The van der Waals surface area contributed by atoms with E-state index in [9.17, 15) is 8.42 Å². The summed E-state index contributed by atoms with van der Waals surface area (Å²) in [5.74, 6) is 0. The summed E-state index contributed by atoms with van der Waals surface area (Å²) in [6.07, 6.45) is 1.15. The molecule has 0 atom stereocenters. The highest BCUT2D eigenvalue weighted by atomic mass is 79.9. The van der Waals surface area contributed by atoms with Crippen LogP contribution in [0, 0.1) is 0 Å². The van der Waals surface area contributed by atoms with Gasteiger partial charge in [0.1, 0.15) is 0 Å². The van der Waals surface area contributed by atoms with Gasteiger partial charge in [0.15, 0.2) is 9.84 Å². The van der Waals surface area contributed by atoms with Gasteiger partial charge >= 0.3 is 0 Å². The third-order valence-electron chi connectivity index (χ3n) is 1.48. The van der Waals surface area contributed by atoms with E-state index in [0.717, 1.165) is 6.26 Å². The first-order valence-corrected chi connectivity index (χ1v) is 6.74. The summed E-state index contributed by atoms with van der Waals surface area (Å²) < 4.78 is 23.5. The number of rotatable bonds is 1. The van der Waals surface area contributed by atoms with Crippen LogP contribution in [0.2, 0.25) is 0 Å². The second kappa shape index (κ2) is 3.59. The lowest BCUT2D eigenvalue weighted by Crippen LogP contribution is -1.99. The van der Waals surface area contributed by atoms with Crippen LogP contribution in [0.1, 0.15) is 0 Å². The molecule has 0 aromatic heterocycles. The number of nitrogens with two attached hydrogens (primary N) is 1. The Kier molecular flexibility index (Phi) is 3.04. The Labute approximate surface area is 93.5 Å². The maximum absolute atomic E-state index is 11.2. The van der Waals surface area contributed by atoms with Crippen molar-refractivity contribution in [1.29, 1.82) is 0 Å². The fraction of sp³-hybridized carbons (Fsp3) is 0.143. The molecule has 3 nitrogen and oxygen atoms in total. The molecule has 13 heavy (non-hydrogen) atoms. The highest BCUT2D eigenvalue weighted by Gasteiger charge is 2.11. The number of hydrogen-bond acceptors (Lipinski definition) is 3. The predicted molar refractivity (Wildman–Crippen MR) is 59.4 cm³/mol. The van der Waals surface area contributed by atoms with Gasteiger partial charge in [-0.3, -0.25) is 0 Å². The Morgan fingerprint density at radius 1 is 1.23 bits per heavy atom. The van der Waals surface area contributed by atoms with Crippen LogP contribution in [0.5, 0.6) is 0 Å². The summed E-state index contributed by atoms with van der Waals surface area (Å²) in [7, 11) is -3.18. The van der Waals surface area contributed by atoms with Crippen molar-refractivity contribution in [3.8, 4) is 0 Å². The Balaban J connectivity index is 3.47. The van der Waals surface area contributed by atoms with Gasteiger partial charge in [-0.25, -0.2) is 8.42 Å². The van der Waals surface area contributed by atoms with Crippen molar-refractivity contribution in [1.82, 2.24) is 0 Å². The number of halogens is 2. The maximum atomic E-state index is 11.2. The van der Waals surface area contributed by atoms with E-state index < -0.39 is 9.84 Å². The topological polar surface area (TPSA) is 60.2 Å². The largest absolute Gasteiger partial charge is 0.397 e. The molecule has 0 heterocycles. The first-order valence-electron chi connectivity index (χ1n) is 3.27. The fourth-order valence-electron chi connectivity index (χ4n) is 0.775. The van der Waals surface area contributed by atoms with Crippen LogP contribution in [0.25, 0.3) is 0 Å². The lowest BCUT2D eigenvalue weighted by molar-refractivity contribution is 0.602. The Hall–Kier alpha value is -0.0700. The van der Waals surface area contributed by atoms with E-state index in [2.05, 4.69) is 31.9 Å². The van der Waals surface area contributed by atoms with Crippen molar-refractivity contribution in [2.24, 2.45) is 0 Å². The molecule has 1 aromatic rings. The van der Waals surface area contributed by atoms with Crippen LogP contribution in [0.15, 0.2) is 26.0 Å². The summed E-state index contributed by atoms with van der Waals surface area (Å²) in [5.41, 5.74) is 6.10. The third-order valence-corrected chi connectivity index (χ3v) is 3.88. The monoisotopic (exact) mass is 327 g/mol. The molecule has 0 saturated carbocycles. The third kappa shape index (κ3) is 2.45. The average molecular weight is 329 g/mol. The molecule has 0 amide bonds. The van der Waals surface area contributed by atoms with Gasteiger partial charge < -0.3 is 5.73 Å². The van der Waals surface area contributed by atoms with Crippen molar-refractivity contribution in [2.75, 3.05) is 12.0 Å². The van der Waals surface area contributed by atoms with Gasteiger partial charge in [0.25, 0.3) is 0 Å². The molecule has 0 unspecified atom stereocenters.